The summed E-state index contributed by atoms with van der Waals surface area (Å²) in [6.45, 7) is 7.62. The van der Waals surface area contributed by atoms with Crippen LogP contribution in [0.25, 0.3) is 0 Å². The molecule has 2 aliphatic heterocycles. The van der Waals surface area contributed by atoms with Gasteiger partial charge in [-0.3, -0.25) is 0 Å². The van der Waals surface area contributed by atoms with E-state index in [0.717, 1.165) is 17.9 Å². The maximum Gasteiger partial charge on any atom is 0.0121 e. The molecule has 13 heavy (non-hydrogen) atoms. The molecule has 2 saturated heterocycles. The standard InChI is InChI=1S/C12H23N/c1-10-5-6-12-11(2)4-3-8-13(12)9-7-10/h10-12H,3-9H2,1-2H3. The molecular weight excluding hydrogens is 158 g/mol. The molecule has 0 aromatic carbocycles. The van der Waals surface area contributed by atoms with E-state index < -0.39 is 0 Å². The first-order valence-electron chi connectivity index (χ1n) is 6.01. The third-order valence-electron chi connectivity index (χ3n) is 4.10. The van der Waals surface area contributed by atoms with Gasteiger partial charge < -0.3 is 4.90 Å². The van der Waals surface area contributed by atoms with Gasteiger partial charge in [0.05, 0.1) is 0 Å². The SMILES string of the molecule is CC1CCC2C(C)CCCN2CC1. The summed E-state index contributed by atoms with van der Waals surface area (Å²) in [6.07, 6.45) is 7.26. The summed E-state index contributed by atoms with van der Waals surface area (Å²) in [5, 5.41) is 0. The minimum atomic E-state index is 0.929. The maximum atomic E-state index is 2.76. The fourth-order valence-corrected chi connectivity index (χ4v) is 3.06. The van der Waals surface area contributed by atoms with Crippen molar-refractivity contribution in [2.45, 2.75) is 52.0 Å². The molecule has 0 spiro atoms. The van der Waals surface area contributed by atoms with Gasteiger partial charge in [-0.1, -0.05) is 13.8 Å². The summed E-state index contributed by atoms with van der Waals surface area (Å²) in [6, 6.07) is 0.929. The monoisotopic (exact) mass is 181 g/mol. The minimum absolute atomic E-state index is 0.929. The van der Waals surface area contributed by atoms with Crippen LogP contribution in [0.15, 0.2) is 0 Å². The molecule has 1 heteroatoms. The van der Waals surface area contributed by atoms with E-state index in [1.807, 2.05) is 0 Å². The maximum absolute atomic E-state index is 2.76. The van der Waals surface area contributed by atoms with E-state index in [1.165, 1.54) is 45.2 Å². The number of hydrogen-bond donors (Lipinski definition) is 0. The van der Waals surface area contributed by atoms with E-state index in [0.29, 0.717) is 0 Å². The Morgan fingerprint density at radius 2 is 1.77 bits per heavy atom. The number of hydrogen-bond acceptors (Lipinski definition) is 1. The second kappa shape index (κ2) is 4.00. The number of piperidine rings is 1. The molecule has 2 fully saturated rings. The summed E-state index contributed by atoms with van der Waals surface area (Å²) in [4.78, 5) is 2.76. The van der Waals surface area contributed by atoms with Gasteiger partial charge in [-0.25, -0.2) is 0 Å². The molecule has 0 bridgehead atoms. The lowest BCUT2D eigenvalue weighted by molar-refractivity contribution is 0.104. The molecule has 0 radical (unpaired) electrons. The van der Waals surface area contributed by atoms with Crippen LogP contribution in [0, 0.1) is 11.8 Å². The highest BCUT2D eigenvalue weighted by Gasteiger charge is 2.30. The van der Waals surface area contributed by atoms with Crippen molar-refractivity contribution in [1.29, 1.82) is 0 Å². The van der Waals surface area contributed by atoms with Crippen LogP contribution in [0.1, 0.15) is 46.0 Å². The van der Waals surface area contributed by atoms with Crippen molar-refractivity contribution in [3.8, 4) is 0 Å². The van der Waals surface area contributed by atoms with Gasteiger partial charge in [0.2, 0.25) is 0 Å². The Morgan fingerprint density at radius 3 is 2.62 bits per heavy atom. The second-order valence-corrected chi connectivity index (χ2v) is 5.19. The van der Waals surface area contributed by atoms with Crippen molar-refractivity contribution in [2.75, 3.05) is 13.1 Å². The average Bonchev–Trinajstić information content (AvgIpc) is 2.30. The van der Waals surface area contributed by atoms with Gasteiger partial charge in [0, 0.05) is 6.04 Å². The fraction of sp³-hybridized carbons (Fsp3) is 1.00. The highest BCUT2D eigenvalue weighted by molar-refractivity contribution is 4.84. The Hall–Kier alpha value is -0.0400. The van der Waals surface area contributed by atoms with Gasteiger partial charge >= 0.3 is 0 Å². The lowest BCUT2D eigenvalue weighted by atomic mass is 9.88. The molecule has 2 heterocycles. The first kappa shape index (κ1) is 9.51. The Kier molecular flexibility index (Phi) is 2.92. The van der Waals surface area contributed by atoms with Gasteiger partial charge in [-0.2, -0.15) is 0 Å². The van der Waals surface area contributed by atoms with E-state index >= 15 is 0 Å². The smallest absolute Gasteiger partial charge is 0.0121 e. The lowest BCUT2D eigenvalue weighted by Gasteiger charge is -2.38. The Morgan fingerprint density at radius 1 is 0.923 bits per heavy atom. The second-order valence-electron chi connectivity index (χ2n) is 5.19. The minimum Gasteiger partial charge on any atom is -0.300 e. The van der Waals surface area contributed by atoms with Gasteiger partial charge in [0.25, 0.3) is 0 Å². The molecule has 76 valence electrons. The van der Waals surface area contributed by atoms with Crippen molar-refractivity contribution in [3.05, 3.63) is 0 Å². The zero-order valence-corrected chi connectivity index (χ0v) is 9.13. The molecule has 0 N–H and O–H groups in total. The van der Waals surface area contributed by atoms with Gasteiger partial charge in [0.15, 0.2) is 0 Å². The molecule has 0 aliphatic carbocycles. The van der Waals surface area contributed by atoms with E-state index in [9.17, 15) is 0 Å². The van der Waals surface area contributed by atoms with Crippen molar-refractivity contribution in [2.24, 2.45) is 11.8 Å². The molecule has 0 aromatic heterocycles. The molecular formula is C12H23N. The number of rotatable bonds is 0. The van der Waals surface area contributed by atoms with E-state index in [2.05, 4.69) is 18.7 Å². The first-order valence-corrected chi connectivity index (χ1v) is 6.01. The lowest BCUT2D eigenvalue weighted by Crippen LogP contribution is -2.43. The van der Waals surface area contributed by atoms with E-state index in [1.54, 1.807) is 0 Å². The number of fused-ring (bicyclic) bond motifs is 1. The largest absolute Gasteiger partial charge is 0.300 e. The first-order chi connectivity index (χ1) is 6.27. The van der Waals surface area contributed by atoms with E-state index in [-0.39, 0.29) is 0 Å². The topological polar surface area (TPSA) is 3.24 Å². The average molecular weight is 181 g/mol. The summed E-state index contributed by atoms with van der Waals surface area (Å²) in [5.41, 5.74) is 0. The van der Waals surface area contributed by atoms with Crippen molar-refractivity contribution in [1.82, 2.24) is 4.90 Å². The predicted molar refractivity (Wildman–Crippen MR) is 56.8 cm³/mol. The summed E-state index contributed by atoms with van der Waals surface area (Å²) in [7, 11) is 0. The quantitative estimate of drug-likeness (QED) is 0.555. The van der Waals surface area contributed by atoms with Crippen molar-refractivity contribution >= 4 is 0 Å². The molecule has 0 saturated carbocycles. The normalized spacial score (nSPS) is 42.5. The molecule has 1 nitrogen and oxygen atoms in total. The van der Waals surface area contributed by atoms with Crippen LogP contribution < -0.4 is 0 Å². The van der Waals surface area contributed by atoms with Crippen LogP contribution in [-0.2, 0) is 0 Å². The number of nitrogens with zero attached hydrogens (tertiary/aromatic N) is 1. The predicted octanol–water partition coefficient (Wildman–Crippen LogP) is 2.91. The molecule has 2 aliphatic rings. The third-order valence-corrected chi connectivity index (χ3v) is 4.10. The van der Waals surface area contributed by atoms with Crippen LogP contribution in [-0.4, -0.2) is 24.0 Å². The van der Waals surface area contributed by atoms with Crippen LogP contribution in [0.2, 0.25) is 0 Å². The molecule has 0 amide bonds. The van der Waals surface area contributed by atoms with Crippen LogP contribution in [0.3, 0.4) is 0 Å². The zero-order valence-electron chi connectivity index (χ0n) is 9.13. The molecule has 2 rings (SSSR count). The Labute approximate surface area is 82.5 Å². The van der Waals surface area contributed by atoms with Gasteiger partial charge in [-0.15, -0.1) is 0 Å². The van der Waals surface area contributed by atoms with Crippen LogP contribution >= 0.6 is 0 Å². The fourth-order valence-electron chi connectivity index (χ4n) is 3.06. The summed E-state index contributed by atoms with van der Waals surface area (Å²) < 4.78 is 0. The highest BCUT2D eigenvalue weighted by Crippen LogP contribution is 2.31. The van der Waals surface area contributed by atoms with Crippen molar-refractivity contribution in [3.63, 3.8) is 0 Å². The molecule has 3 atom stereocenters. The highest BCUT2D eigenvalue weighted by atomic mass is 15.2. The summed E-state index contributed by atoms with van der Waals surface area (Å²) >= 11 is 0. The van der Waals surface area contributed by atoms with Crippen LogP contribution in [0.5, 0.6) is 0 Å². The molecule has 3 unspecified atom stereocenters. The van der Waals surface area contributed by atoms with Crippen molar-refractivity contribution < 1.29 is 0 Å². The van der Waals surface area contributed by atoms with E-state index in [4.69, 9.17) is 0 Å². The third kappa shape index (κ3) is 2.07. The summed E-state index contributed by atoms with van der Waals surface area (Å²) in [5.74, 6) is 1.93. The molecule has 0 aromatic rings. The Bertz CT molecular complexity index is 167. The van der Waals surface area contributed by atoms with Crippen LogP contribution in [0.4, 0.5) is 0 Å². The van der Waals surface area contributed by atoms with Gasteiger partial charge in [0.1, 0.15) is 0 Å². The Balaban J connectivity index is 2.00. The van der Waals surface area contributed by atoms with Gasteiger partial charge in [-0.05, 0) is 57.0 Å². The zero-order chi connectivity index (χ0) is 9.26.